The second-order valence-electron chi connectivity index (χ2n) is 6.44. The minimum atomic E-state index is -0.443. The fraction of sp³-hybridized carbons (Fsp3) is 0.238. The van der Waals surface area contributed by atoms with E-state index in [1.165, 1.54) is 24.4 Å². The minimum Gasteiger partial charge on any atom is -0.496 e. The molecule has 0 spiro atoms. The molecule has 27 heavy (non-hydrogen) atoms. The average molecular weight is 432 g/mol. The first-order valence-corrected chi connectivity index (χ1v) is 9.29. The number of ether oxygens (including phenoxy) is 1. The number of methoxy groups -OCH3 is 1. The van der Waals surface area contributed by atoms with Gasteiger partial charge in [-0.05, 0) is 54.0 Å². The molecule has 0 aromatic heterocycles. The molecule has 0 saturated heterocycles. The molecule has 0 N–H and O–H groups in total. The average Bonchev–Trinajstić information content (AvgIpc) is 2.64. The minimum absolute atomic E-state index is 0.0634. The van der Waals surface area contributed by atoms with Crippen LogP contribution in [-0.4, -0.2) is 23.7 Å². The molecule has 0 fully saturated rings. The Labute approximate surface area is 165 Å². The van der Waals surface area contributed by atoms with Crippen molar-refractivity contribution in [3.63, 3.8) is 0 Å². The maximum absolute atomic E-state index is 13.2. The van der Waals surface area contributed by atoms with E-state index in [0.717, 1.165) is 21.2 Å². The Kier molecular flexibility index (Phi) is 5.75. The predicted octanol–water partition coefficient (Wildman–Crippen LogP) is 4.50. The Hall–Kier alpha value is -2.47. The Bertz CT molecular complexity index is 908. The smallest absolute Gasteiger partial charge is 0.231 e. The van der Waals surface area contributed by atoms with Gasteiger partial charge in [-0.2, -0.15) is 0 Å². The Balaban J connectivity index is 1.88. The van der Waals surface area contributed by atoms with Gasteiger partial charge < -0.3 is 9.64 Å². The molecule has 0 aliphatic carbocycles. The van der Waals surface area contributed by atoms with Gasteiger partial charge in [-0.3, -0.25) is 9.59 Å². The predicted molar refractivity (Wildman–Crippen MR) is 104 cm³/mol. The molecule has 4 nitrogen and oxygen atoms in total. The van der Waals surface area contributed by atoms with Crippen LogP contribution in [-0.2, 0) is 16.0 Å². The van der Waals surface area contributed by atoms with Crippen LogP contribution in [0.25, 0.3) is 0 Å². The molecule has 0 bridgehead atoms. The molecule has 0 radical (unpaired) electrons. The van der Waals surface area contributed by atoms with Crippen molar-refractivity contribution in [3.05, 3.63) is 75.7 Å². The van der Waals surface area contributed by atoms with E-state index in [0.29, 0.717) is 5.75 Å². The van der Waals surface area contributed by atoms with Gasteiger partial charge in [-0.1, -0.05) is 28.1 Å². The number of ketones is 1. The van der Waals surface area contributed by atoms with Gasteiger partial charge in [0.1, 0.15) is 11.6 Å². The van der Waals surface area contributed by atoms with E-state index in [4.69, 9.17) is 4.74 Å². The number of halogens is 2. The van der Waals surface area contributed by atoms with Gasteiger partial charge in [-0.25, -0.2) is 4.39 Å². The normalized spacial score (nSPS) is 16.5. The van der Waals surface area contributed by atoms with E-state index in [-0.39, 0.29) is 30.3 Å². The molecule has 1 aliphatic heterocycles. The summed E-state index contributed by atoms with van der Waals surface area (Å²) in [5, 5.41) is 0. The number of benzene rings is 2. The molecule has 1 aliphatic rings. The van der Waals surface area contributed by atoms with Gasteiger partial charge in [0.25, 0.3) is 0 Å². The first kappa shape index (κ1) is 19.3. The molecule has 1 amide bonds. The second-order valence-corrected chi connectivity index (χ2v) is 7.30. The number of nitrogens with zero attached hydrogens (tertiary/aromatic N) is 1. The Morgan fingerprint density at radius 2 is 2.00 bits per heavy atom. The highest BCUT2D eigenvalue weighted by molar-refractivity contribution is 9.10. The van der Waals surface area contributed by atoms with Gasteiger partial charge in [0.2, 0.25) is 5.91 Å². The van der Waals surface area contributed by atoms with Crippen molar-refractivity contribution in [2.24, 2.45) is 0 Å². The maximum Gasteiger partial charge on any atom is 0.231 e. The maximum atomic E-state index is 13.2. The molecular formula is C21H19BrFNO3. The van der Waals surface area contributed by atoms with Crippen LogP contribution in [0.4, 0.5) is 4.39 Å². The number of aryl methyl sites for hydroxylation is 1. The number of allylic oxidation sites excluding steroid dienone is 1. The highest BCUT2D eigenvalue weighted by Crippen LogP contribution is 2.31. The first-order valence-electron chi connectivity index (χ1n) is 8.49. The molecule has 2 aromatic rings. The summed E-state index contributed by atoms with van der Waals surface area (Å²) in [6.07, 6.45) is 3.24. The number of amides is 1. The van der Waals surface area contributed by atoms with Crippen molar-refractivity contribution < 1.29 is 18.7 Å². The summed E-state index contributed by atoms with van der Waals surface area (Å²) in [6, 6.07) is 9.19. The fourth-order valence-electron chi connectivity index (χ4n) is 3.15. The Morgan fingerprint density at radius 1 is 1.30 bits per heavy atom. The third-order valence-corrected chi connectivity index (χ3v) is 5.34. The first-order chi connectivity index (χ1) is 12.9. The van der Waals surface area contributed by atoms with E-state index in [1.54, 1.807) is 24.1 Å². The fourth-order valence-corrected chi connectivity index (χ4v) is 3.75. The molecule has 1 unspecified atom stereocenters. The van der Waals surface area contributed by atoms with E-state index in [2.05, 4.69) is 15.9 Å². The molecule has 2 aromatic carbocycles. The van der Waals surface area contributed by atoms with Crippen LogP contribution in [0.2, 0.25) is 0 Å². The molecule has 140 valence electrons. The summed E-state index contributed by atoms with van der Waals surface area (Å²) < 4.78 is 19.4. The lowest BCUT2D eigenvalue weighted by Gasteiger charge is -2.31. The van der Waals surface area contributed by atoms with Crippen LogP contribution in [0.1, 0.15) is 29.2 Å². The van der Waals surface area contributed by atoms with E-state index < -0.39 is 6.04 Å². The third kappa shape index (κ3) is 4.27. The summed E-state index contributed by atoms with van der Waals surface area (Å²) in [5.74, 6) is 0.136. The van der Waals surface area contributed by atoms with Crippen molar-refractivity contribution in [2.75, 3.05) is 7.11 Å². The molecule has 3 rings (SSSR count). The monoisotopic (exact) mass is 431 g/mol. The lowest BCUT2D eigenvalue weighted by molar-refractivity contribution is -0.131. The van der Waals surface area contributed by atoms with Crippen molar-refractivity contribution in [2.45, 2.75) is 25.8 Å². The van der Waals surface area contributed by atoms with Gasteiger partial charge in [0.15, 0.2) is 5.78 Å². The summed E-state index contributed by atoms with van der Waals surface area (Å²) in [5.41, 5.74) is 2.49. The topological polar surface area (TPSA) is 46.6 Å². The molecule has 1 heterocycles. The van der Waals surface area contributed by atoms with Crippen LogP contribution < -0.4 is 4.74 Å². The third-order valence-electron chi connectivity index (χ3n) is 4.60. The largest absolute Gasteiger partial charge is 0.496 e. The SMILES string of the molecule is COc1cc(CC(=O)N2C=CC(=O)CC2c2ccc(F)cc2)c(Br)cc1C. The highest BCUT2D eigenvalue weighted by atomic mass is 79.9. The number of hydrogen-bond acceptors (Lipinski definition) is 3. The van der Waals surface area contributed by atoms with Crippen molar-refractivity contribution in [1.82, 2.24) is 4.90 Å². The zero-order valence-electron chi connectivity index (χ0n) is 15.0. The zero-order chi connectivity index (χ0) is 19.6. The van der Waals surface area contributed by atoms with Crippen LogP contribution >= 0.6 is 15.9 Å². The van der Waals surface area contributed by atoms with Gasteiger partial charge in [0, 0.05) is 17.1 Å². The van der Waals surface area contributed by atoms with E-state index >= 15 is 0 Å². The molecular weight excluding hydrogens is 413 g/mol. The van der Waals surface area contributed by atoms with Crippen molar-refractivity contribution in [1.29, 1.82) is 0 Å². The van der Waals surface area contributed by atoms with Crippen LogP contribution in [0, 0.1) is 12.7 Å². The summed E-state index contributed by atoms with van der Waals surface area (Å²) >= 11 is 3.50. The molecule has 6 heteroatoms. The molecule has 1 atom stereocenters. The van der Waals surface area contributed by atoms with Crippen LogP contribution in [0.5, 0.6) is 5.75 Å². The van der Waals surface area contributed by atoms with Crippen molar-refractivity contribution in [3.8, 4) is 5.75 Å². The lowest BCUT2D eigenvalue weighted by atomic mass is 9.96. The summed E-state index contributed by atoms with van der Waals surface area (Å²) in [6.45, 7) is 1.93. The van der Waals surface area contributed by atoms with Crippen molar-refractivity contribution >= 4 is 27.6 Å². The van der Waals surface area contributed by atoms with E-state index in [9.17, 15) is 14.0 Å². The lowest BCUT2D eigenvalue weighted by Crippen LogP contribution is -2.35. The number of carbonyl (C=O) groups is 2. The standard InChI is InChI=1S/C21H19BrFNO3/c1-13-9-18(22)15(10-20(13)27-2)11-21(26)24-8-7-17(25)12-19(24)14-3-5-16(23)6-4-14/h3-10,19H,11-12H2,1-2H3. The van der Waals surface area contributed by atoms with Crippen LogP contribution in [0.3, 0.4) is 0 Å². The highest BCUT2D eigenvalue weighted by Gasteiger charge is 2.29. The summed E-state index contributed by atoms with van der Waals surface area (Å²) in [7, 11) is 1.59. The quantitative estimate of drug-likeness (QED) is 0.715. The Morgan fingerprint density at radius 3 is 2.67 bits per heavy atom. The van der Waals surface area contributed by atoms with Crippen LogP contribution in [0.15, 0.2) is 53.1 Å². The number of carbonyl (C=O) groups excluding carboxylic acids is 2. The van der Waals surface area contributed by atoms with Gasteiger partial charge in [-0.15, -0.1) is 0 Å². The summed E-state index contributed by atoms with van der Waals surface area (Å²) in [4.78, 5) is 26.4. The second kappa shape index (κ2) is 8.05. The van der Waals surface area contributed by atoms with E-state index in [1.807, 2.05) is 19.1 Å². The zero-order valence-corrected chi connectivity index (χ0v) is 16.6. The number of rotatable bonds is 4. The van der Waals surface area contributed by atoms with Gasteiger partial charge in [0.05, 0.1) is 19.6 Å². The molecule has 0 saturated carbocycles. The number of hydrogen-bond donors (Lipinski definition) is 0. The van der Waals surface area contributed by atoms with Gasteiger partial charge >= 0.3 is 0 Å².